The molecule has 1 heterocycles. The SMILES string of the molecule is N/C(=N/O)c1cc(F)ccc1NS(=O)(=O)N1CCOCC1. The minimum atomic E-state index is -3.82. The molecule has 0 saturated carbocycles. The topological polar surface area (TPSA) is 117 Å². The summed E-state index contributed by atoms with van der Waals surface area (Å²) in [6.45, 7) is 1.04. The van der Waals surface area contributed by atoms with Crippen LogP contribution in [0, 0.1) is 5.82 Å². The number of benzene rings is 1. The van der Waals surface area contributed by atoms with Crippen molar-refractivity contribution in [1.82, 2.24) is 4.31 Å². The van der Waals surface area contributed by atoms with Crippen LogP contribution >= 0.6 is 0 Å². The summed E-state index contributed by atoms with van der Waals surface area (Å²) < 4.78 is 46.3. The molecule has 0 amide bonds. The van der Waals surface area contributed by atoms with Gasteiger partial charge in [0, 0.05) is 18.7 Å². The highest BCUT2D eigenvalue weighted by molar-refractivity contribution is 7.90. The summed E-state index contributed by atoms with van der Waals surface area (Å²) in [5, 5.41) is 11.4. The highest BCUT2D eigenvalue weighted by Gasteiger charge is 2.25. The number of rotatable bonds is 4. The highest BCUT2D eigenvalue weighted by Crippen LogP contribution is 2.20. The molecule has 10 heteroatoms. The Morgan fingerprint density at radius 1 is 1.43 bits per heavy atom. The standard InChI is InChI=1S/C11H15FN4O4S/c12-8-1-2-10(9(7-8)11(13)14-17)15-21(18,19)16-3-5-20-6-4-16/h1-2,7,15,17H,3-6H2,(H2,13,14). The van der Waals surface area contributed by atoms with E-state index in [1.165, 1.54) is 10.4 Å². The van der Waals surface area contributed by atoms with E-state index in [9.17, 15) is 12.8 Å². The van der Waals surface area contributed by atoms with Crippen molar-refractivity contribution in [2.75, 3.05) is 31.0 Å². The molecule has 1 aliphatic heterocycles. The van der Waals surface area contributed by atoms with Crippen LogP contribution in [0.3, 0.4) is 0 Å². The minimum Gasteiger partial charge on any atom is -0.409 e. The van der Waals surface area contributed by atoms with Crippen molar-refractivity contribution in [3.05, 3.63) is 29.6 Å². The van der Waals surface area contributed by atoms with Gasteiger partial charge in [0.15, 0.2) is 5.84 Å². The first-order valence-electron chi connectivity index (χ1n) is 6.07. The maximum absolute atomic E-state index is 13.2. The van der Waals surface area contributed by atoms with E-state index in [2.05, 4.69) is 9.88 Å². The summed E-state index contributed by atoms with van der Waals surface area (Å²) in [7, 11) is -3.82. The fourth-order valence-corrected chi connectivity index (χ4v) is 3.08. The monoisotopic (exact) mass is 318 g/mol. The molecule has 4 N–H and O–H groups in total. The van der Waals surface area contributed by atoms with Crippen LogP contribution in [0.15, 0.2) is 23.4 Å². The zero-order valence-corrected chi connectivity index (χ0v) is 11.8. The zero-order valence-electron chi connectivity index (χ0n) is 11.0. The lowest BCUT2D eigenvalue weighted by Gasteiger charge is -2.26. The third-order valence-corrected chi connectivity index (χ3v) is 4.44. The predicted octanol–water partition coefficient (Wildman–Crippen LogP) is -0.0909. The van der Waals surface area contributed by atoms with Crippen LogP contribution in [0.5, 0.6) is 0 Å². The van der Waals surface area contributed by atoms with E-state index in [1.54, 1.807) is 0 Å². The maximum Gasteiger partial charge on any atom is 0.301 e. The normalized spacial score (nSPS) is 17.7. The van der Waals surface area contributed by atoms with Crippen molar-refractivity contribution in [2.45, 2.75) is 0 Å². The van der Waals surface area contributed by atoms with Gasteiger partial charge in [0.25, 0.3) is 0 Å². The molecule has 1 aromatic rings. The van der Waals surface area contributed by atoms with Gasteiger partial charge in [-0.05, 0) is 18.2 Å². The summed E-state index contributed by atoms with van der Waals surface area (Å²) in [4.78, 5) is 0. The molecule has 21 heavy (non-hydrogen) atoms. The van der Waals surface area contributed by atoms with E-state index in [0.717, 1.165) is 12.1 Å². The molecule has 0 unspecified atom stereocenters. The number of hydrogen-bond acceptors (Lipinski definition) is 5. The molecular weight excluding hydrogens is 303 g/mol. The Hall–Kier alpha value is -1.91. The Balaban J connectivity index is 2.30. The van der Waals surface area contributed by atoms with Gasteiger partial charge in [-0.15, -0.1) is 0 Å². The molecule has 0 radical (unpaired) electrons. The van der Waals surface area contributed by atoms with E-state index in [1.807, 2.05) is 0 Å². The number of amidine groups is 1. The molecule has 1 aromatic carbocycles. The van der Waals surface area contributed by atoms with Crippen LogP contribution in [-0.2, 0) is 14.9 Å². The van der Waals surface area contributed by atoms with Gasteiger partial charge in [-0.25, -0.2) is 4.39 Å². The number of nitrogens with one attached hydrogen (secondary N) is 1. The Morgan fingerprint density at radius 2 is 2.10 bits per heavy atom. The summed E-state index contributed by atoms with van der Waals surface area (Å²) in [5.74, 6) is -1.03. The number of nitrogens with two attached hydrogens (primary N) is 1. The second kappa shape index (κ2) is 6.24. The molecule has 2 rings (SSSR count). The van der Waals surface area contributed by atoms with Crippen molar-refractivity contribution in [1.29, 1.82) is 0 Å². The van der Waals surface area contributed by atoms with Crippen LogP contribution in [0.1, 0.15) is 5.56 Å². The average molecular weight is 318 g/mol. The Morgan fingerprint density at radius 3 is 2.71 bits per heavy atom. The molecule has 0 bridgehead atoms. The molecule has 1 fully saturated rings. The molecule has 116 valence electrons. The number of anilines is 1. The van der Waals surface area contributed by atoms with E-state index < -0.39 is 21.9 Å². The smallest absolute Gasteiger partial charge is 0.301 e. The zero-order chi connectivity index (χ0) is 15.5. The van der Waals surface area contributed by atoms with Gasteiger partial charge in [0.05, 0.1) is 18.9 Å². The summed E-state index contributed by atoms with van der Waals surface area (Å²) >= 11 is 0. The van der Waals surface area contributed by atoms with Gasteiger partial charge in [0.1, 0.15) is 5.82 Å². The molecule has 0 aliphatic carbocycles. The molecule has 0 atom stereocenters. The highest BCUT2D eigenvalue weighted by atomic mass is 32.2. The number of morpholine rings is 1. The molecule has 1 saturated heterocycles. The van der Waals surface area contributed by atoms with E-state index >= 15 is 0 Å². The maximum atomic E-state index is 13.2. The van der Waals surface area contributed by atoms with Gasteiger partial charge in [0.2, 0.25) is 0 Å². The lowest BCUT2D eigenvalue weighted by Crippen LogP contribution is -2.43. The van der Waals surface area contributed by atoms with E-state index in [4.69, 9.17) is 15.7 Å². The van der Waals surface area contributed by atoms with Crippen molar-refractivity contribution in [3.63, 3.8) is 0 Å². The number of oxime groups is 1. The Kier molecular flexibility index (Phi) is 4.60. The molecule has 0 spiro atoms. The first kappa shape index (κ1) is 15.5. The van der Waals surface area contributed by atoms with E-state index in [0.29, 0.717) is 13.2 Å². The van der Waals surface area contributed by atoms with Gasteiger partial charge in [-0.1, -0.05) is 5.16 Å². The van der Waals surface area contributed by atoms with Gasteiger partial charge in [-0.3, -0.25) is 4.72 Å². The summed E-state index contributed by atoms with van der Waals surface area (Å²) in [5.41, 5.74) is 5.41. The van der Waals surface area contributed by atoms with Crippen LogP contribution in [0.2, 0.25) is 0 Å². The third kappa shape index (κ3) is 3.60. The van der Waals surface area contributed by atoms with E-state index in [-0.39, 0.29) is 24.3 Å². The minimum absolute atomic E-state index is 0.0261. The lowest BCUT2D eigenvalue weighted by molar-refractivity contribution is 0.0733. The Labute approximate surface area is 121 Å². The fraction of sp³-hybridized carbons (Fsp3) is 0.364. The summed E-state index contributed by atoms with van der Waals surface area (Å²) in [6, 6.07) is 3.26. The number of halogens is 1. The second-order valence-electron chi connectivity index (χ2n) is 4.29. The second-order valence-corrected chi connectivity index (χ2v) is 5.96. The molecule has 8 nitrogen and oxygen atoms in total. The Bertz CT molecular complexity index is 644. The van der Waals surface area contributed by atoms with Crippen LogP contribution < -0.4 is 10.5 Å². The van der Waals surface area contributed by atoms with Gasteiger partial charge < -0.3 is 15.7 Å². The predicted molar refractivity (Wildman–Crippen MR) is 73.8 cm³/mol. The van der Waals surface area contributed by atoms with Crippen molar-refractivity contribution >= 4 is 21.7 Å². The van der Waals surface area contributed by atoms with Crippen molar-refractivity contribution in [3.8, 4) is 0 Å². The van der Waals surface area contributed by atoms with Gasteiger partial charge >= 0.3 is 10.2 Å². The third-order valence-electron chi connectivity index (χ3n) is 2.91. The average Bonchev–Trinajstić information content (AvgIpc) is 2.49. The van der Waals surface area contributed by atoms with Crippen molar-refractivity contribution < 1.29 is 22.8 Å². The molecule has 0 aromatic heterocycles. The van der Waals surface area contributed by atoms with Crippen LogP contribution in [0.25, 0.3) is 0 Å². The summed E-state index contributed by atoms with van der Waals surface area (Å²) in [6.07, 6.45) is 0. The number of nitrogens with zero attached hydrogens (tertiary/aromatic N) is 2. The fourth-order valence-electron chi connectivity index (χ4n) is 1.86. The first-order valence-corrected chi connectivity index (χ1v) is 7.51. The molecule has 1 aliphatic rings. The van der Waals surface area contributed by atoms with Crippen LogP contribution in [0.4, 0.5) is 10.1 Å². The lowest BCUT2D eigenvalue weighted by atomic mass is 10.1. The number of ether oxygens (including phenoxy) is 1. The molecular formula is C11H15FN4O4S. The number of hydrogen-bond donors (Lipinski definition) is 3. The van der Waals surface area contributed by atoms with Crippen LogP contribution in [-0.4, -0.2) is 50.1 Å². The first-order chi connectivity index (χ1) is 9.94. The van der Waals surface area contributed by atoms with Crippen molar-refractivity contribution in [2.24, 2.45) is 10.9 Å². The van der Waals surface area contributed by atoms with Gasteiger partial charge in [-0.2, -0.15) is 12.7 Å². The quantitative estimate of drug-likeness (QED) is 0.310. The largest absolute Gasteiger partial charge is 0.409 e.